The van der Waals surface area contributed by atoms with Gasteiger partial charge in [0.15, 0.2) is 0 Å². The van der Waals surface area contributed by atoms with Gasteiger partial charge in [0.2, 0.25) is 0 Å². The summed E-state index contributed by atoms with van der Waals surface area (Å²) in [4.78, 5) is 4.22. The zero-order valence-electron chi connectivity index (χ0n) is 10.4. The van der Waals surface area contributed by atoms with E-state index >= 15 is 0 Å². The molecule has 16 heavy (non-hydrogen) atoms. The lowest BCUT2D eigenvalue weighted by atomic mass is 9.75. The molecule has 3 nitrogen and oxygen atoms in total. The molecule has 1 aromatic rings. The van der Waals surface area contributed by atoms with Crippen LogP contribution in [0, 0.1) is 5.41 Å². The second-order valence-electron chi connectivity index (χ2n) is 5.61. The molecule has 1 atom stereocenters. The quantitative estimate of drug-likeness (QED) is 0.853. The summed E-state index contributed by atoms with van der Waals surface area (Å²) < 4.78 is 2.25. The lowest BCUT2D eigenvalue weighted by molar-refractivity contribution is 0.181. The fourth-order valence-electron chi connectivity index (χ4n) is 2.82. The molecule has 1 aliphatic rings. The van der Waals surface area contributed by atoms with E-state index in [1.807, 2.05) is 19.4 Å². The van der Waals surface area contributed by atoms with Crippen molar-refractivity contribution < 1.29 is 0 Å². The Bertz CT molecular complexity index is 335. The molecule has 2 N–H and O–H groups in total. The highest BCUT2D eigenvalue weighted by atomic mass is 15.1. The molecule has 0 aliphatic heterocycles. The molecular weight excluding hydrogens is 198 g/mol. The maximum absolute atomic E-state index is 5.95. The van der Waals surface area contributed by atoms with Crippen molar-refractivity contribution in [3.8, 4) is 0 Å². The van der Waals surface area contributed by atoms with Crippen molar-refractivity contribution in [2.24, 2.45) is 11.1 Å². The maximum atomic E-state index is 5.95. The van der Waals surface area contributed by atoms with Crippen LogP contribution < -0.4 is 5.73 Å². The maximum Gasteiger partial charge on any atom is 0.0948 e. The number of hydrogen-bond acceptors (Lipinski definition) is 2. The third kappa shape index (κ3) is 2.46. The number of nitrogens with two attached hydrogens (primary N) is 1. The second kappa shape index (κ2) is 4.58. The first-order valence-corrected chi connectivity index (χ1v) is 6.36. The zero-order valence-corrected chi connectivity index (χ0v) is 10.4. The van der Waals surface area contributed by atoms with Crippen molar-refractivity contribution in [2.75, 3.05) is 0 Å². The topological polar surface area (TPSA) is 43.8 Å². The zero-order chi connectivity index (χ0) is 11.6. The fraction of sp³-hybridized carbons (Fsp3) is 0.769. The van der Waals surface area contributed by atoms with Crippen molar-refractivity contribution >= 4 is 0 Å². The van der Waals surface area contributed by atoms with Gasteiger partial charge in [-0.05, 0) is 25.2 Å². The van der Waals surface area contributed by atoms with Gasteiger partial charge >= 0.3 is 0 Å². The summed E-state index contributed by atoms with van der Waals surface area (Å²) >= 11 is 0. The van der Waals surface area contributed by atoms with Gasteiger partial charge in [0, 0.05) is 18.8 Å². The van der Waals surface area contributed by atoms with E-state index in [1.54, 1.807) is 0 Å². The molecule has 0 aromatic carbocycles. The fourth-order valence-corrected chi connectivity index (χ4v) is 2.82. The minimum atomic E-state index is 0.0784. The Morgan fingerprint density at radius 3 is 2.75 bits per heavy atom. The highest BCUT2D eigenvalue weighted by Gasteiger charge is 2.27. The minimum Gasteiger partial charge on any atom is -0.333 e. The number of imidazole rings is 1. The SMILES string of the molecule is CC(N)c1cncn1CC1(C)CCCCC1. The van der Waals surface area contributed by atoms with Gasteiger partial charge in [-0.15, -0.1) is 0 Å². The lowest BCUT2D eigenvalue weighted by Crippen LogP contribution is -2.27. The molecule has 1 unspecified atom stereocenters. The monoisotopic (exact) mass is 221 g/mol. The molecule has 0 bridgehead atoms. The van der Waals surface area contributed by atoms with Crippen LogP contribution in [0.2, 0.25) is 0 Å². The van der Waals surface area contributed by atoms with Crippen molar-refractivity contribution in [1.82, 2.24) is 9.55 Å². The van der Waals surface area contributed by atoms with Crippen molar-refractivity contribution in [3.63, 3.8) is 0 Å². The van der Waals surface area contributed by atoms with E-state index in [2.05, 4.69) is 16.5 Å². The van der Waals surface area contributed by atoms with Gasteiger partial charge in [-0.3, -0.25) is 0 Å². The van der Waals surface area contributed by atoms with Crippen LogP contribution in [0.4, 0.5) is 0 Å². The largest absolute Gasteiger partial charge is 0.333 e. The predicted molar refractivity (Wildman–Crippen MR) is 66.0 cm³/mol. The predicted octanol–water partition coefficient (Wildman–Crippen LogP) is 2.87. The molecule has 3 heteroatoms. The Morgan fingerprint density at radius 2 is 2.12 bits per heavy atom. The van der Waals surface area contributed by atoms with Crippen molar-refractivity contribution in [3.05, 3.63) is 18.2 Å². The molecule has 2 rings (SSSR count). The summed E-state index contributed by atoms with van der Waals surface area (Å²) in [7, 11) is 0. The minimum absolute atomic E-state index is 0.0784. The van der Waals surface area contributed by atoms with E-state index in [1.165, 1.54) is 32.1 Å². The number of rotatable bonds is 3. The van der Waals surface area contributed by atoms with Crippen LogP contribution in [-0.2, 0) is 6.54 Å². The molecule has 0 amide bonds. The summed E-state index contributed by atoms with van der Waals surface area (Å²) in [5, 5.41) is 0. The summed E-state index contributed by atoms with van der Waals surface area (Å²) in [5.41, 5.74) is 7.55. The van der Waals surface area contributed by atoms with Crippen LogP contribution in [0.3, 0.4) is 0 Å². The van der Waals surface area contributed by atoms with Gasteiger partial charge in [-0.1, -0.05) is 26.2 Å². The molecule has 0 saturated heterocycles. The van der Waals surface area contributed by atoms with E-state index in [0.29, 0.717) is 5.41 Å². The average molecular weight is 221 g/mol. The molecule has 1 aliphatic carbocycles. The smallest absolute Gasteiger partial charge is 0.0948 e. The molecule has 0 radical (unpaired) electrons. The van der Waals surface area contributed by atoms with Crippen LogP contribution in [0.1, 0.15) is 57.7 Å². The van der Waals surface area contributed by atoms with E-state index in [-0.39, 0.29) is 6.04 Å². The van der Waals surface area contributed by atoms with Crippen molar-refractivity contribution in [1.29, 1.82) is 0 Å². The standard InChI is InChI=1S/C13H23N3/c1-11(14)12-8-15-10-16(12)9-13(2)6-4-3-5-7-13/h8,10-11H,3-7,9,14H2,1-2H3. The summed E-state index contributed by atoms with van der Waals surface area (Å²) in [6, 6.07) is 0.0784. The number of aromatic nitrogens is 2. The van der Waals surface area contributed by atoms with E-state index < -0.39 is 0 Å². The van der Waals surface area contributed by atoms with Crippen LogP contribution >= 0.6 is 0 Å². The number of hydrogen-bond donors (Lipinski definition) is 1. The highest BCUT2D eigenvalue weighted by molar-refractivity contribution is 5.04. The summed E-state index contributed by atoms with van der Waals surface area (Å²) in [5.74, 6) is 0. The molecule has 1 saturated carbocycles. The van der Waals surface area contributed by atoms with Gasteiger partial charge in [-0.25, -0.2) is 4.98 Å². The Kier molecular flexibility index (Phi) is 3.33. The molecule has 90 valence electrons. The molecular formula is C13H23N3. The van der Waals surface area contributed by atoms with Crippen molar-refractivity contribution in [2.45, 2.75) is 58.5 Å². The first-order valence-electron chi connectivity index (χ1n) is 6.36. The lowest BCUT2D eigenvalue weighted by Gasteiger charge is -2.34. The Balaban J connectivity index is 2.10. The normalized spacial score (nSPS) is 21.9. The third-order valence-corrected chi connectivity index (χ3v) is 3.82. The number of nitrogens with zero attached hydrogens (tertiary/aromatic N) is 2. The van der Waals surface area contributed by atoms with Crippen LogP contribution in [0.15, 0.2) is 12.5 Å². The van der Waals surface area contributed by atoms with Gasteiger partial charge in [-0.2, -0.15) is 0 Å². The van der Waals surface area contributed by atoms with Crippen LogP contribution in [-0.4, -0.2) is 9.55 Å². The van der Waals surface area contributed by atoms with Gasteiger partial charge in [0.05, 0.1) is 12.0 Å². The second-order valence-corrected chi connectivity index (χ2v) is 5.61. The van der Waals surface area contributed by atoms with Crippen LogP contribution in [0.25, 0.3) is 0 Å². The molecule has 0 spiro atoms. The molecule has 1 heterocycles. The third-order valence-electron chi connectivity index (χ3n) is 3.82. The van der Waals surface area contributed by atoms with E-state index in [9.17, 15) is 0 Å². The van der Waals surface area contributed by atoms with E-state index in [4.69, 9.17) is 5.73 Å². The first kappa shape index (κ1) is 11.6. The first-order chi connectivity index (χ1) is 7.61. The van der Waals surface area contributed by atoms with Gasteiger partial charge < -0.3 is 10.3 Å². The Hall–Kier alpha value is -0.830. The molecule has 1 aromatic heterocycles. The average Bonchev–Trinajstić information content (AvgIpc) is 2.66. The van der Waals surface area contributed by atoms with Gasteiger partial charge in [0.1, 0.15) is 0 Å². The molecule has 1 fully saturated rings. The highest BCUT2D eigenvalue weighted by Crippen LogP contribution is 2.37. The van der Waals surface area contributed by atoms with Gasteiger partial charge in [0.25, 0.3) is 0 Å². The Labute approximate surface area is 98.1 Å². The Morgan fingerprint density at radius 1 is 1.44 bits per heavy atom. The van der Waals surface area contributed by atoms with E-state index in [0.717, 1.165) is 12.2 Å². The summed E-state index contributed by atoms with van der Waals surface area (Å²) in [6.45, 7) is 5.50. The van der Waals surface area contributed by atoms with Crippen LogP contribution in [0.5, 0.6) is 0 Å². The summed E-state index contributed by atoms with van der Waals surface area (Å²) in [6.07, 6.45) is 10.7.